The van der Waals surface area contributed by atoms with Crippen LogP contribution in [0.3, 0.4) is 0 Å². The van der Waals surface area contributed by atoms with Gasteiger partial charge in [0.15, 0.2) is 0 Å². The molecule has 0 aromatic carbocycles. The summed E-state index contributed by atoms with van der Waals surface area (Å²) in [6, 6.07) is 0.858. The number of nitrogens with one attached hydrogen (secondary N) is 1. The van der Waals surface area contributed by atoms with Crippen LogP contribution in [0.25, 0.3) is 0 Å². The van der Waals surface area contributed by atoms with Crippen molar-refractivity contribution in [2.45, 2.75) is 44.9 Å². The summed E-state index contributed by atoms with van der Waals surface area (Å²) in [5, 5.41) is 4.20. The third-order valence-electron chi connectivity index (χ3n) is 5.99. The molecule has 0 saturated heterocycles. The number of carbonyl (C=O) groups excluding carboxylic acids is 2. The van der Waals surface area contributed by atoms with Gasteiger partial charge in [-0.2, -0.15) is 13.2 Å². The summed E-state index contributed by atoms with van der Waals surface area (Å²) in [6.07, 6.45) is 2.48. The SMILES string of the molecule is O=C(Nc1cncc(C(F)(F)F)c1)c1csc2c1CCN(C(=O)c1cnc3n1CCCC3)C2. The number of alkyl halides is 3. The van der Waals surface area contributed by atoms with E-state index in [0.29, 0.717) is 37.0 Å². The van der Waals surface area contributed by atoms with Crippen LogP contribution in [0.15, 0.2) is 30.0 Å². The van der Waals surface area contributed by atoms with Crippen LogP contribution in [0.4, 0.5) is 18.9 Å². The van der Waals surface area contributed by atoms with Crippen LogP contribution < -0.4 is 5.32 Å². The van der Waals surface area contributed by atoms with Crippen LogP contribution in [0.2, 0.25) is 0 Å². The van der Waals surface area contributed by atoms with Gasteiger partial charge >= 0.3 is 6.18 Å². The van der Waals surface area contributed by atoms with Crippen molar-refractivity contribution in [2.24, 2.45) is 0 Å². The highest BCUT2D eigenvalue weighted by Gasteiger charge is 2.32. The van der Waals surface area contributed by atoms with Crippen LogP contribution in [-0.2, 0) is 32.1 Å². The van der Waals surface area contributed by atoms with E-state index >= 15 is 0 Å². The molecule has 172 valence electrons. The molecule has 0 bridgehead atoms. The number of amides is 2. The van der Waals surface area contributed by atoms with E-state index in [1.54, 1.807) is 16.5 Å². The number of pyridine rings is 1. The van der Waals surface area contributed by atoms with Gasteiger partial charge in [-0.25, -0.2) is 4.98 Å². The summed E-state index contributed by atoms with van der Waals surface area (Å²) < 4.78 is 40.7. The van der Waals surface area contributed by atoms with E-state index < -0.39 is 17.6 Å². The summed E-state index contributed by atoms with van der Waals surface area (Å²) in [5.41, 5.74) is 0.898. The molecule has 7 nitrogen and oxygen atoms in total. The Morgan fingerprint density at radius 1 is 1.09 bits per heavy atom. The van der Waals surface area contributed by atoms with Crippen LogP contribution >= 0.6 is 11.3 Å². The van der Waals surface area contributed by atoms with Gasteiger partial charge in [0.05, 0.1) is 35.8 Å². The van der Waals surface area contributed by atoms with Gasteiger partial charge in [-0.1, -0.05) is 0 Å². The van der Waals surface area contributed by atoms with Crippen molar-refractivity contribution >= 4 is 28.8 Å². The minimum Gasteiger partial charge on any atom is -0.332 e. The van der Waals surface area contributed by atoms with E-state index in [0.717, 1.165) is 48.1 Å². The van der Waals surface area contributed by atoms with E-state index in [-0.39, 0.29) is 11.6 Å². The molecule has 0 radical (unpaired) electrons. The number of anilines is 1. The van der Waals surface area contributed by atoms with Crippen molar-refractivity contribution in [3.8, 4) is 0 Å². The number of nitrogens with zero attached hydrogens (tertiary/aromatic N) is 4. The fraction of sp³-hybridized carbons (Fsp3) is 0.364. The molecule has 3 aromatic rings. The molecule has 3 aromatic heterocycles. The van der Waals surface area contributed by atoms with E-state index in [1.807, 2.05) is 4.57 Å². The van der Waals surface area contributed by atoms with Gasteiger partial charge in [0.25, 0.3) is 11.8 Å². The number of aryl methyl sites for hydroxylation is 1. The summed E-state index contributed by atoms with van der Waals surface area (Å²) >= 11 is 1.37. The zero-order valence-electron chi connectivity index (χ0n) is 17.5. The molecule has 2 aliphatic heterocycles. The smallest absolute Gasteiger partial charge is 0.332 e. The average molecular weight is 475 g/mol. The van der Waals surface area contributed by atoms with Crippen LogP contribution in [0.5, 0.6) is 0 Å². The minimum atomic E-state index is -4.54. The van der Waals surface area contributed by atoms with Gasteiger partial charge in [0.1, 0.15) is 11.5 Å². The van der Waals surface area contributed by atoms with Crippen molar-refractivity contribution < 1.29 is 22.8 Å². The van der Waals surface area contributed by atoms with Crippen molar-refractivity contribution in [3.63, 3.8) is 0 Å². The Balaban J connectivity index is 1.31. The normalized spacial score (nSPS) is 15.7. The molecule has 0 saturated carbocycles. The fourth-order valence-corrected chi connectivity index (χ4v) is 5.40. The van der Waals surface area contributed by atoms with Gasteiger partial charge < -0.3 is 14.8 Å². The molecular weight excluding hydrogens is 455 g/mol. The highest BCUT2D eigenvalue weighted by Crippen LogP contribution is 2.32. The summed E-state index contributed by atoms with van der Waals surface area (Å²) in [6.45, 7) is 1.63. The Morgan fingerprint density at radius 2 is 1.94 bits per heavy atom. The lowest BCUT2D eigenvalue weighted by Gasteiger charge is -2.28. The van der Waals surface area contributed by atoms with Crippen molar-refractivity contribution in [2.75, 3.05) is 11.9 Å². The molecule has 0 unspecified atom stereocenters. The van der Waals surface area contributed by atoms with Gasteiger partial charge in [-0.3, -0.25) is 14.6 Å². The zero-order chi connectivity index (χ0) is 23.2. The van der Waals surface area contributed by atoms with Crippen LogP contribution in [-0.4, -0.2) is 37.8 Å². The molecule has 0 atom stereocenters. The zero-order valence-corrected chi connectivity index (χ0v) is 18.3. The molecule has 5 heterocycles. The molecule has 0 aliphatic carbocycles. The maximum atomic E-state index is 13.1. The quantitative estimate of drug-likeness (QED) is 0.617. The lowest BCUT2D eigenvalue weighted by atomic mass is 10.0. The number of thiophene rings is 1. The highest BCUT2D eigenvalue weighted by atomic mass is 32.1. The second-order valence-corrected chi connectivity index (χ2v) is 9.07. The minimum absolute atomic E-state index is 0.0205. The van der Waals surface area contributed by atoms with Gasteiger partial charge in [-0.05, 0) is 30.9 Å². The number of imidazole rings is 1. The predicted octanol–water partition coefficient (Wildman–Crippen LogP) is 4.15. The van der Waals surface area contributed by atoms with Crippen LogP contribution in [0, 0.1) is 0 Å². The molecule has 5 rings (SSSR count). The molecule has 2 aliphatic rings. The second kappa shape index (κ2) is 8.29. The van der Waals surface area contributed by atoms with E-state index in [2.05, 4.69) is 15.3 Å². The van der Waals surface area contributed by atoms with E-state index in [1.165, 1.54) is 17.5 Å². The lowest BCUT2D eigenvalue weighted by molar-refractivity contribution is -0.137. The van der Waals surface area contributed by atoms with Crippen LogP contribution in [0.1, 0.15) is 55.5 Å². The van der Waals surface area contributed by atoms with Crippen molar-refractivity contribution in [3.05, 3.63) is 63.1 Å². The Bertz CT molecular complexity index is 1230. The van der Waals surface area contributed by atoms with E-state index in [4.69, 9.17) is 0 Å². The number of aromatic nitrogens is 3. The second-order valence-electron chi connectivity index (χ2n) is 8.11. The Kier molecular flexibility index (Phi) is 5.43. The van der Waals surface area contributed by atoms with Gasteiger partial charge in [0, 0.05) is 36.0 Å². The number of hydrogen-bond donors (Lipinski definition) is 1. The van der Waals surface area contributed by atoms with Gasteiger partial charge in [-0.15, -0.1) is 11.3 Å². The molecule has 0 fully saturated rings. The average Bonchev–Trinajstić information content (AvgIpc) is 3.42. The highest BCUT2D eigenvalue weighted by molar-refractivity contribution is 7.10. The first kappa shape index (κ1) is 21.6. The summed E-state index contributed by atoms with van der Waals surface area (Å²) in [4.78, 5) is 36.5. The number of halogens is 3. The monoisotopic (exact) mass is 475 g/mol. The summed E-state index contributed by atoms with van der Waals surface area (Å²) in [5.74, 6) is 0.385. The Labute approximate surface area is 191 Å². The first-order valence-electron chi connectivity index (χ1n) is 10.6. The molecule has 33 heavy (non-hydrogen) atoms. The van der Waals surface area contributed by atoms with Gasteiger partial charge in [0.2, 0.25) is 0 Å². The molecular formula is C22H20F3N5O2S. The molecule has 11 heteroatoms. The maximum absolute atomic E-state index is 13.1. The van der Waals surface area contributed by atoms with E-state index in [9.17, 15) is 22.8 Å². The standard InChI is InChI=1S/C22H20F3N5O2S/c23-22(24,25)13-7-14(9-26-8-13)28-20(31)16-12-33-18-11-29(6-4-15(16)18)21(32)17-10-27-19-3-1-2-5-30(17)19/h7-10,12H,1-6,11H2,(H,28,31). The molecule has 0 spiro atoms. The topological polar surface area (TPSA) is 80.1 Å². The number of fused-ring (bicyclic) bond motifs is 2. The Hall–Kier alpha value is -3.21. The fourth-order valence-electron chi connectivity index (χ4n) is 4.30. The lowest BCUT2D eigenvalue weighted by Crippen LogP contribution is -2.37. The van der Waals surface area contributed by atoms with Crippen molar-refractivity contribution in [1.29, 1.82) is 0 Å². The van der Waals surface area contributed by atoms with Crippen molar-refractivity contribution in [1.82, 2.24) is 19.4 Å². The number of rotatable bonds is 3. The molecule has 2 amide bonds. The maximum Gasteiger partial charge on any atom is 0.417 e. The third kappa shape index (κ3) is 4.12. The predicted molar refractivity (Wildman–Crippen MR) is 115 cm³/mol. The number of hydrogen-bond acceptors (Lipinski definition) is 5. The third-order valence-corrected chi connectivity index (χ3v) is 7.01. The first-order chi connectivity index (χ1) is 15.8. The summed E-state index contributed by atoms with van der Waals surface area (Å²) in [7, 11) is 0. The largest absolute Gasteiger partial charge is 0.417 e. The molecule has 1 N–H and O–H groups in total. The first-order valence-corrected chi connectivity index (χ1v) is 11.5. The number of carbonyl (C=O) groups is 2. The Morgan fingerprint density at radius 3 is 2.76 bits per heavy atom.